The van der Waals surface area contributed by atoms with E-state index in [4.69, 9.17) is 17.2 Å². The van der Waals surface area contributed by atoms with Gasteiger partial charge in [0.15, 0.2) is 0 Å². The van der Waals surface area contributed by atoms with E-state index in [1.807, 2.05) is 0 Å². The van der Waals surface area contributed by atoms with Crippen LogP contribution in [0.1, 0.15) is 0 Å². The van der Waals surface area contributed by atoms with Gasteiger partial charge in [0.2, 0.25) is 0 Å². The van der Waals surface area contributed by atoms with Crippen molar-refractivity contribution in [3.8, 4) is 0 Å². The number of nitrogens with two attached hydrogens (primary N) is 3. The van der Waals surface area contributed by atoms with Gasteiger partial charge in [-0.2, -0.15) is 37.9 Å². The fourth-order valence-corrected chi connectivity index (χ4v) is 0.671. The molecule has 0 saturated carbocycles. The second-order valence-corrected chi connectivity index (χ2v) is 4.42. The Bertz CT molecular complexity index is 279. The summed E-state index contributed by atoms with van der Waals surface area (Å²) in [5, 5.41) is 28.9. The Balaban J connectivity index is -0.000000108. The molecule has 0 aliphatic heterocycles. The normalized spacial score (nSPS) is 12.8. The SMILES string of the molecule is N[C@@H](CS)C(=O)[O-].N[C@@H](CS)C(=O)[O-].N[C@@H](CS)C(=O)[O-].[Au+3]. The molecule has 9 nitrogen and oxygen atoms in total. The van der Waals surface area contributed by atoms with E-state index in [1.165, 1.54) is 0 Å². The minimum Gasteiger partial charge on any atom is -0.548 e. The van der Waals surface area contributed by atoms with Crippen molar-refractivity contribution in [2.75, 3.05) is 17.3 Å². The van der Waals surface area contributed by atoms with Gasteiger partial charge in [0.05, 0.1) is 36.0 Å². The van der Waals surface area contributed by atoms with E-state index in [-0.39, 0.29) is 39.6 Å². The van der Waals surface area contributed by atoms with Gasteiger partial charge in [-0.3, -0.25) is 0 Å². The van der Waals surface area contributed by atoms with Crippen molar-refractivity contribution in [2.24, 2.45) is 17.2 Å². The molecule has 0 aliphatic rings. The Morgan fingerprint density at radius 2 is 0.818 bits per heavy atom. The molecule has 22 heavy (non-hydrogen) atoms. The molecule has 0 aromatic carbocycles. The molecule has 0 heterocycles. The molecule has 0 bridgehead atoms. The standard InChI is InChI=1S/3C3H7NO2S.Au/c3*4-2(1-7)3(5)6;/h3*2,7H,1,4H2,(H,5,6);/q;;;+3/p-3/t3*2-;/m000./s1. The first-order valence-corrected chi connectivity index (χ1v) is 7.16. The van der Waals surface area contributed by atoms with Crippen LogP contribution in [0.5, 0.6) is 0 Å². The number of hydrogen-bond acceptors (Lipinski definition) is 12. The maximum atomic E-state index is 9.65. The molecule has 0 radical (unpaired) electrons. The molecule has 0 aromatic heterocycles. The summed E-state index contributed by atoms with van der Waals surface area (Å²) in [7, 11) is 0. The van der Waals surface area contributed by atoms with E-state index in [0.717, 1.165) is 0 Å². The fourth-order valence-electron chi connectivity index (χ4n) is 0.224. The van der Waals surface area contributed by atoms with Gasteiger partial charge in [-0.15, -0.1) is 0 Å². The topological polar surface area (TPSA) is 198 Å². The molecule has 0 aromatic rings. The number of thiol groups is 3. The van der Waals surface area contributed by atoms with Gasteiger partial charge >= 0.3 is 22.4 Å². The predicted octanol–water partition coefficient (Wildman–Crippen LogP) is -6.02. The monoisotopic (exact) mass is 557 g/mol. The Kier molecular flexibility index (Phi) is 26.1. The summed E-state index contributed by atoms with van der Waals surface area (Å²) in [4.78, 5) is 28.9. The predicted molar refractivity (Wildman–Crippen MR) is 80.5 cm³/mol. The minimum absolute atomic E-state index is 0. The summed E-state index contributed by atoms with van der Waals surface area (Å²) in [6, 6.07) is -2.78. The Morgan fingerprint density at radius 1 is 0.682 bits per heavy atom. The quantitative estimate of drug-likeness (QED) is 0.136. The first kappa shape index (κ1) is 30.0. The summed E-state index contributed by atoms with van der Waals surface area (Å²) in [5.41, 5.74) is 14.6. The molecule has 0 unspecified atom stereocenters. The molecule has 0 aliphatic carbocycles. The maximum Gasteiger partial charge on any atom is 3.00 e. The van der Waals surface area contributed by atoms with E-state index in [9.17, 15) is 29.7 Å². The summed E-state index contributed by atoms with van der Waals surface area (Å²) >= 11 is 10.8. The number of carboxylic acid groups (broad SMARTS) is 3. The van der Waals surface area contributed by atoms with Crippen molar-refractivity contribution in [2.45, 2.75) is 18.1 Å². The smallest absolute Gasteiger partial charge is 0.548 e. The van der Waals surface area contributed by atoms with Gasteiger partial charge in [-0.05, 0) is 0 Å². The Morgan fingerprint density at radius 3 is 0.818 bits per heavy atom. The number of rotatable bonds is 6. The number of carbonyl (C=O) groups excluding carboxylic acids is 3. The van der Waals surface area contributed by atoms with Gasteiger partial charge in [0.1, 0.15) is 0 Å². The molecule has 0 fully saturated rings. The van der Waals surface area contributed by atoms with E-state index >= 15 is 0 Å². The minimum atomic E-state index is -1.25. The average Bonchev–Trinajstić information content (AvgIpc) is 2.45. The van der Waals surface area contributed by atoms with Crippen LogP contribution in [0.4, 0.5) is 0 Å². The van der Waals surface area contributed by atoms with Crippen molar-refractivity contribution in [3.63, 3.8) is 0 Å². The van der Waals surface area contributed by atoms with Crippen LogP contribution in [-0.4, -0.2) is 53.3 Å². The van der Waals surface area contributed by atoms with Crippen molar-refractivity contribution in [1.82, 2.24) is 0 Å². The van der Waals surface area contributed by atoms with Crippen LogP contribution in [-0.2, 0) is 36.8 Å². The van der Waals surface area contributed by atoms with Gasteiger partial charge in [-0.25, -0.2) is 0 Å². The molecule has 0 rings (SSSR count). The van der Waals surface area contributed by atoms with Crippen molar-refractivity contribution >= 4 is 55.8 Å². The molecule has 0 saturated heterocycles. The third-order valence-corrected chi connectivity index (χ3v) is 2.68. The van der Waals surface area contributed by atoms with Crippen LogP contribution >= 0.6 is 37.9 Å². The van der Waals surface area contributed by atoms with E-state index in [1.54, 1.807) is 0 Å². The molecule has 0 spiro atoms. The molecular weight excluding hydrogens is 539 g/mol. The zero-order valence-electron chi connectivity index (χ0n) is 11.2. The molecular formula is C9H18AuN3O6S3. The summed E-state index contributed by atoms with van der Waals surface area (Å²) in [6.07, 6.45) is 0. The number of hydrogen-bond donors (Lipinski definition) is 6. The molecule has 13 heteroatoms. The van der Waals surface area contributed by atoms with Crippen molar-refractivity contribution < 1.29 is 52.1 Å². The van der Waals surface area contributed by atoms with Gasteiger partial charge in [0, 0.05) is 17.3 Å². The summed E-state index contributed by atoms with van der Waals surface area (Å²) < 4.78 is 0. The van der Waals surface area contributed by atoms with Crippen molar-refractivity contribution in [3.05, 3.63) is 0 Å². The zero-order chi connectivity index (χ0) is 17.6. The number of carboxylic acids is 3. The fraction of sp³-hybridized carbons (Fsp3) is 0.667. The molecule has 134 valence electrons. The summed E-state index contributed by atoms with van der Waals surface area (Å²) in [5.74, 6) is -3.38. The van der Waals surface area contributed by atoms with Crippen LogP contribution in [0.15, 0.2) is 0 Å². The van der Waals surface area contributed by atoms with E-state index in [0.29, 0.717) is 0 Å². The first-order chi connectivity index (χ1) is 9.54. The van der Waals surface area contributed by atoms with Crippen LogP contribution in [0.3, 0.4) is 0 Å². The van der Waals surface area contributed by atoms with Crippen LogP contribution in [0.2, 0.25) is 0 Å². The first-order valence-electron chi connectivity index (χ1n) is 5.26. The van der Waals surface area contributed by atoms with E-state index in [2.05, 4.69) is 37.9 Å². The molecule has 0 amide bonds. The second-order valence-electron chi connectivity index (χ2n) is 3.32. The molecule has 6 N–H and O–H groups in total. The third-order valence-electron chi connectivity index (χ3n) is 1.50. The number of carbonyl (C=O) groups is 3. The average molecular weight is 557 g/mol. The van der Waals surface area contributed by atoms with Gasteiger partial charge in [0.25, 0.3) is 0 Å². The molecule has 3 atom stereocenters. The van der Waals surface area contributed by atoms with E-state index < -0.39 is 36.0 Å². The zero-order valence-corrected chi connectivity index (χ0v) is 16.0. The van der Waals surface area contributed by atoms with Crippen LogP contribution < -0.4 is 32.5 Å². The van der Waals surface area contributed by atoms with Crippen LogP contribution in [0.25, 0.3) is 0 Å². The Hall–Kier alpha value is 0.0803. The van der Waals surface area contributed by atoms with Gasteiger partial charge < -0.3 is 46.9 Å². The van der Waals surface area contributed by atoms with Crippen LogP contribution in [0, 0.1) is 0 Å². The van der Waals surface area contributed by atoms with Crippen molar-refractivity contribution in [1.29, 1.82) is 0 Å². The maximum absolute atomic E-state index is 9.65. The second kappa shape index (κ2) is 19.1. The Labute approximate surface area is 160 Å². The number of aliphatic carboxylic acids is 3. The van der Waals surface area contributed by atoms with Gasteiger partial charge in [-0.1, -0.05) is 0 Å². The third kappa shape index (κ3) is 22.4. The summed E-state index contributed by atoms with van der Waals surface area (Å²) in [6.45, 7) is 0. The largest absolute Gasteiger partial charge is 3.00 e.